The van der Waals surface area contributed by atoms with Gasteiger partial charge in [0.05, 0.1) is 32.3 Å². The molecular formula is C18H28N2O3. The smallest absolute Gasteiger partial charge is 0.236 e. The van der Waals surface area contributed by atoms with Crippen molar-refractivity contribution in [2.45, 2.75) is 32.9 Å². The van der Waals surface area contributed by atoms with Gasteiger partial charge < -0.3 is 19.7 Å². The lowest BCUT2D eigenvalue weighted by molar-refractivity contribution is -0.143. The Morgan fingerprint density at radius 3 is 2.96 bits per heavy atom. The van der Waals surface area contributed by atoms with Crippen molar-refractivity contribution in [3.63, 3.8) is 0 Å². The monoisotopic (exact) mass is 320 g/mol. The van der Waals surface area contributed by atoms with E-state index in [4.69, 9.17) is 9.47 Å². The first-order chi connectivity index (χ1) is 11.0. The molecule has 1 heterocycles. The Balaban J connectivity index is 2.01. The number of hydrogen-bond acceptors (Lipinski definition) is 4. The number of carbonyl (C=O) groups is 1. The molecule has 1 aliphatic rings. The third kappa shape index (κ3) is 4.77. The van der Waals surface area contributed by atoms with Crippen molar-refractivity contribution in [3.8, 4) is 0 Å². The molecule has 1 aliphatic heterocycles. The second-order valence-electron chi connectivity index (χ2n) is 6.25. The number of hydrogen-bond donors (Lipinski definition) is 1. The first kappa shape index (κ1) is 17.9. The quantitative estimate of drug-likeness (QED) is 0.813. The van der Waals surface area contributed by atoms with Gasteiger partial charge in [0.2, 0.25) is 5.91 Å². The number of benzene rings is 1. The van der Waals surface area contributed by atoms with E-state index in [0.717, 1.165) is 0 Å². The van der Waals surface area contributed by atoms with Crippen molar-refractivity contribution < 1.29 is 14.3 Å². The van der Waals surface area contributed by atoms with E-state index < -0.39 is 0 Å². The molecule has 0 aliphatic carbocycles. The van der Waals surface area contributed by atoms with Crippen LogP contribution < -0.4 is 5.32 Å². The highest BCUT2D eigenvalue weighted by atomic mass is 16.5. The fraction of sp³-hybridized carbons (Fsp3) is 0.611. The Bertz CT molecular complexity index is 533. The van der Waals surface area contributed by atoms with Crippen molar-refractivity contribution >= 4 is 5.91 Å². The summed E-state index contributed by atoms with van der Waals surface area (Å²) in [6, 6.07) is 6.49. The zero-order valence-electron chi connectivity index (χ0n) is 14.6. The van der Waals surface area contributed by atoms with Gasteiger partial charge in [0.1, 0.15) is 6.10 Å². The largest absolute Gasteiger partial charge is 0.383 e. The van der Waals surface area contributed by atoms with Gasteiger partial charge in [0.15, 0.2) is 0 Å². The maximum atomic E-state index is 12.5. The lowest BCUT2D eigenvalue weighted by atomic mass is 9.99. The molecule has 0 aromatic heterocycles. The molecule has 1 fully saturated rings. The summed E-state index contributed by atoms with van der Waals surface area (Å²) in [6.07, 6.45) is -0.0472. The first-order valence-corrected chi connectivity index (χ1v) is 8.20. The van der Waals surface area contributed by atoms with Gasteiger partial charge in [-0.3, -0.25) is 4.79 Å². The van der Waals surface area contributed by atoms with Crippen LogP contribution in [-0.4, -0.2) is 56.8 Å². The van der Waals surface area contributed by atoms with E-state index in [1.54, 1.807) is 7.11 Å². The molecule has 5 nitrogen and oxygen atoms in total. The predicted octanol–water partition coefficient (Wildman–Crippen LogP) is 1.83. The summed E-state index contributed by atoms with van der Waals surface area (Å²) in [4.78, 5) is 14.4. The van der Waals surface area contributed by atoms with Gasteiger partial charge in [-0.15, -0.1) is 0 Å². The van der Waals surface area contributed by atoms with Crippen LogP contribution in [0.4, 0.5) is 0 Å². The minimum Gasteiger partial charge on any atom is -0.383 e. The van der Waals surface area contributed by atoms with E-state index >= 15 is 0 Å². The van der Waals surface area contributed by atoms with E-state index in [2.05, 4.69) is 37.4 Å². The molecule has 1 amide bonds. The molecule has 1 N–H and O–H groups in total. The molecule has 0 saturated carbocycles. The molecule has 2 rings (SSSR count). The number of methoxy groups -OCH3 is 1. The molecular weight excluding hydrogens is 292 g/mol. The maximum absolute atomic E-state index is 12.5. The summed E-state index contributed by atoms with van der Waals surface area (Å²) < 4.78 is 11.0. The number of aryl methyl sites for hydroxylation is 2. The summed E-state index contributed by atoms with van der Waals surface area (Å²) in [5.74, 6) is 0.118. The molecule has 2 atom stereocenters. The fourth-order valence-electron chi connectivity index (χ4n) is 2.87. The number of rotatable bonds is 6. The molecule has 1 aromatic carbocycles. The topological polar surface area (TPSA) is 50.8 Å². The van der Waals surface area contributed by atoms with Gasteiger partial charge in [0, 0.05) is 13.7 Å². The molecule has 0 unspecified atom stereocenters. The lowest BCUT2D eigenvalue weighted by Crippen LogP contribution is -2.51. The number of nitrogens with one attached hydrogen (secondary N) is 1. The van der Waals surface area contributed by atoms with Crippen LogP contribution in [0.15, 0.2) is 18.2 Å². The van der Waals surface area contributed by atoms with Crippen LogP contribution in [-0.2, 0) is 14.3 Å². The Hall–Kier alpha value is -1.43. The molecule has 5 heteroatoms. The zero-order valence-corrected chi connectivity index (χ0v) is 14.6. The van der Waals surface area contributed by atoms with Gasteiger partial charge in [-0.05, 0) is 31.9 Å². The number of carbonyl (C=O) groups excluding carboxylic acids is 1. The minimum atomic E-state index is -0.0472. The van der Waals surface area contributed by atoms with E-state index in [0.29, 0.717) is 32.8 Å². The van der Waals surface area contributed by atoms with Gasteiger partial charge in [-0.2, -0.15) is 0 Å². The molecule has 0 radical (unpaired) electrons. The Morgan fingerprint density at radius 1 is 1.43 bits per heavy atom. The van der Waals surface area contributed by atoms with E-state index in [1.165, 1.54) is 16.7 Å². The van der Waals surface area contributed by atoms with Crippen LogP contribution in [0.3, 0.4) is 0 Å². The molecule has 0 bridgehead atoms. The summed E-state index contributed by atoms with van der Waals surface area (Å²) in [5, 5.41) is 3.12. The minimum absolute atomic E-state index is 0.0472. The number of morpholine rings is 1. The van der Waals surface area contributed by atoms with Gasteiger partial charge in [-0.25, -0.2) is 0 Å². The number of ether oxygens (including phenoxy) is 2. The number of amides is 1. The Kier molecular flexibility index (Phi) is 6.57. The van der Waals surface area contributed by atoms with E-state index in [9.17, 15) is 4.79 Å². The summed E-state index contributed by atoms with van der Waals surface area (Å²) in [7, 11) is 1.66. The average molecular weight is 320 g/mol. The Labute approximate surface area is 139 Å². The fourth-order valence-corrected chi connectivity index (χ4v) is 2.87. The normalized spacial score (nSPS) is 21.5. The number of nitrogens with zero attached hydrogens (tertiary/aromatic N) is 1. The van der Waals surface area contributed by atoms with Crippen LogP contribution in [0.25, 0.3) is 0 Å². The highest BCUT2D eigenvalue weighted by molar-refractivity contribution is 5.78. The van der Waals surface area contributed by atoms with Crippen molar-refractivity contribution in [2.24, 2.45) is 0 Å². The molecule has 1 aromatic rings. The zero-order chi connectivity index (χ0) is 16.8. The summed E-state index contributed by atoms with van der Waals surface area (Å²) in [6.45, 7) is 9.02. The molecule has 0 spiro atoms. The average Bonchev–Trinajstić information content (AvgIpc) is 2.54. The third-order valence-corrected chi connectivity index (χ3v) is 4.29. The van der Waals surface area contributed by atoms with Crippen molar-refractivity contribution in [2.75, 3.05) is 40.0 Å². The van der Waals surface area contributed by atoms with E-state index in [-0.39, 0.29) is 18.1 Å². The highest BCUT2D eigenvalue weighted by Crippen LogP contribution is 2.28. The summed E-state index contributed by atoms with van der Waals surface area (Å²) >= 11 is 0. The molecule has 1 saturated heterocycles. The standard InChI is InChI=1S/C18H28N2O3/c1-13-5-6-14(2)16(9-13)17-11-20(15(3)12-23-17)18(21)10-19-7-8-22-4/h5-6,9,15,17,19H,7-8,10-12H2,1-4H3/t15-,17+/m0/s1. The maximum Gasteiger partial charge on any atom is 0.236 e. The predicted molar refractivity (Wildman–Crippen MR) is 90.5 cm³/mol. The van der Waals surface area contributed by atoms with Gasteiger partial charge in [0.25, 0.3) is 0 Å². The van der Waals surface area contributed by atoms with Crippen LogP contribution in [0.2, 0.25) is 0 Å². The van der Waals surface area contributed by atoms with E-state index in [1.807, 2.05) is 11.8 Å². The van der Waals surface area contributed by atoms with Crippen LogP contribution in [0.5, 0.6) is 0 Å². The lowest BCUT2D eigenvalue weighted by Gasteiger charge is -2.38. The molecule has 128 valence electrons. The third-order valence-electron chi connectivity index (χ3n) is 4.29. The second kappa shape index (κ2) is 8.43. The van der Waals surface area contributed by atoms with Crippen LogP contribution in [0, 0.1) is 13.8 Å². The van der Waals surface area contributed by atoms with Crippen LogP contribution >= 0.6 is 0 Å². The van der Waals surface area contributed by atoms with Crippen molar-refractivity contribution in [3.05, 3.63) is 34.9 Å². The highest BCUT2D eigenvalue weighted by Gasteiger charge is 2.30. The van der Waals surface area contributed by atoms with Crippen molar-refractivity contribution in [1.82, 2.24) is 10.2 Å². The molecule has 23 heavy (non-hydrogen) atoms. The van der Waals surface area contributed by atoms with Gasteiger partial charge in [-0.1, -0.05) is 23.8 Å². The summed E-state index contributed by atoms with van der Waals surface area (Å²) in [5.41, 5.74) is 3.61. The SMILES string of the molecule is COCCNCC(=O)N1C[C@H](c2cc(C)ccc2C)OC[C@@H]1C. The van der Waals surface area contributed by atoms with Crippen molar-refractivity contribution in [1.29, 1.82) is 0 Å². The Morgan fingerprint density at radius 2 is 2.22 bits per heavy atom. The first-order valence-electron chi connectivity index (χ1n) is 8.20. The second-order valence-corrected chi connectivity index (χ2v) is 6.25. The van der Waals surface area contributed by atoms with Gasteiger partial charge >= 0.3 is 0 Å². The van der Waals surface area contributed by atoms with Crippen LogP contribution in [0.1, 0.15) is 29.7 Å².